The number of benzene rings is 4. The van der Waals surface area contributed by atoms with Crippen LogP contribution < -0.4 is 4.74 Å². The Morgan fingerprint density at radius 3 is 2.56 bits per heavy atom. The second-order valence-corrected chi connectivity index (χ2v) is 9.45. The quantitative estimate of drug-likeness (QED) is 0.299. The summed E-state index contributed by atoms with van der Waals surface area (Å²) in [6, 6.07) is 29.5. The fourth-order valence-corrected chi connectivity index (χ4v) is 5.18. The van der Waals surface area contributed by atoms with E-state index in [2.05, 4.69) is 78.0 Å². The van der Waals surface area contributed by atoms with Crippen LogP contribution in [0.4, 0.5) is 0 Å². The summed E-state index contributed by atoms with van der Waals surface area (Å²) in [6.45, 7) is 0. The summed E-state index contributed by atoms with van der Waals surface area (Å²) < 4.78 is 6.47. The van der Waals surface area contributed by atoms with Gasteiger partial charge in [-0.25, -0.2) is 5.01 Å². The summed E-state index contributed by atoms with van der Waals surface area (Å²) >= 11 is 8.09. The normalized spacial score (nSPS) is 19.3. The molecular weight excluding hydrogens is 436 g/mol. The Kier molecular flexibility index (Phi) is 4.85. The standard InChI is InChI=1S/C27H21ClN2OS/c1-32-22-11-8-18(9-12-22)27-30-25(23-15-21(28)10-13-26(23)31-27)16-24(29-30)20-7-6-17-4-2-3-5-19(17)14-20/h2-15,25,27H,16H2,1H3/t25-,27+/m1/s1. The first-order valence-corrected chi connectivity index (χ1v) is 12.2. The predicted molar refractivity (Wildman–Crippen MR) is 133 cm³/mol. The van der Waals surface area contributed by atoms with Gasteiger partial charge in [0.2, 0.25) is 6.23 Å². The first-order valence-electron chi connectivity index (χ1n) is 10.6. The molecule has 0 saturated heterocycles. The molecule has 158 valence electrons. The van der Waals surface area contributed by atoms with Gasteiger partial charge in [-0.1, -0.05) is 60.1 Å². The van der Waals surface area contributed by atoms with E-state index in [1.165, 1.54) is 15.7 Å². The lowest BCUT2D eigenvalue weighted by Gasteiger charge is -2.38. The van der Waals surface area contributed by atoms with Crippen molar-refractivity contribution in [3.05, 3.63) is 107 Å². The fraction of sp³-hybridized carbons (Fsp3) is 0.148. The molecule has 6 rings (SSSR count). The van der Waals surface area contributed by atoms with Crippen LogP contribution in [-0.2, 0) is 0 Å². The highest BCUT2D eigenvalue weighted by Gasteiger charge is 2.41. The minimum Gasteiger partial charge on any atom is -0.464 e. The number of hydrazone groups is 1. The van der Waals surface area contributed by atoms with Crippen LogP contribution in [0.15, 0.2) is 94.9 Å². The van der Waals surface area contributed by atoms with Crippen LogP contribution in [0, 0.1) is 0 Å². The molecule has 0 aromatic heterocycles. The number of hydrogen-bond acceptors (Lipinski definition) is 4. The number of ether oxygens (including phenoxy) is 1. The van der Waals surface area contributed by atoms with Crippen LogP contribution >= 0.6 is 23.4 Å². The highest BCUT2D eigenvalue weighted by Crippen LogP contribution is 2.48. The molecule has 4 aromatic carbocycles. The molecule has 2 atom stereocenters. The van der Waals surface area contributed by atoms with E-state index in [1.807, 2.05) is 18.2 Å². The minimum absolute atomic E-state index is 0.0872. The van der Waals surface area contributed by atoms with Crippen molar-refractivity contribution < 1.29 is 4.74 Å². The van der Waals surface area contributed by atoms with Crippen molar-refractivity contribution in [2.45, 2.75) is 23.6 Å². The van der Waals surface area contributed by atoms with Gasteiger partial charge >= 0.3 is 0 Å². The van der Waals surface area contributed by atoms with Gasteiger partial charge in [0.25, 0.3) is 0 Å². The number of fused-ring (bicyclic) bond motifs is 4. The smallest absolute Gasteiger partial charge is 0.213 e. The zero-order valence-electron chi connectivity index (χ0n) is 17.5. The maximum atomic E-state index is 6.47. The average molecular weight is 457 g/mol. The monoisotopic (exact) mass is 456 g/mol. The molecule has 0 radical (unpaired) electrons. The Bertz CT molecular complexity index is 1350. The summed E-state index contributed by atoms with van der Waals surface area (Å²) in [5, 5.41) is 10.4. The summed E-state index contributed by atoms with van der Waals surface area (Å²) in [4.78, 5) is 1.23. The maximum absolute atomic E-state index is 6.47. The molecule has 2 aliphatic rings. The lowest BCUT2D eigenvalue weighted by molar-refractivity contribution is -0.0190. The Hall–Kier alpha value is -2.95. The lowest BCUT2D eigenvalue weighted by Crippen LogP contribution is -2.33. The van der Waals surface area contributed by atoms with Crippen LogP contribution in [0.2, 0.25) is 5.02 Å². The van der Waals surface area contributed by atoms with E-state index in [0.717, 1.165) is 34.6 Å². The lowest BCUT2D eigenvalue weighted by atomic mass is 9.95. The number of hydrogen-bond donors (Lipinski definition) is 0. The van der Waals surface area contributed by atoms with Crippen LogP contribution in [0.1, 0.15) is 35.4 Å². The largest absolute Gasteiger partial charge is 0.464 e. The van der Waals surface area contributed by atoms with E-state index >= 15 is 0 Å². The van der Waals surface area contributed by atoms with Crippen molar-refractivity contribution >= 4 is 39.8 Å². The van der Waals surface area contributed by atoms with Crippen LogP contribution in [-0.4, -0.2) is 17.0 Å². The van der Waals surface area contributed by atoms with Crippen molar-refractivity contribution in [1.29, 1.82) is 0 Å². The molecule has 0 saturated carbocycles. The SMILES string of the molecule is CSc1ccc([C@@H]2Oc3ccc(Cl)cc3[C@H]3CC(c4ccc5ccccc5c4)=NN32)cc1. The van der Waals surface area contributed by atoms with Gasteiger partial charge in [-0.2, -0.15) is 5.10 Å². The highest BCUT2D eigenvalue weighted by molar-refractivity contribution is 7.98. The summed E-state index contributed by atoms with van der Waals surface area (Å²) in [7, 11) is 0. The fourth-order valence-electron chi connectivity index (χ4n) is 4.59. The molecule has 0 unspecified atom stereocenters. The molecule has 4 aromatic rings. The van der Waals surface area contributed by atoms with E-state index in [4.69, 9.17) is 21.4 Å². The van der Waals surface area contributed by atoms with Crippen LogP contribution in [0.5, 0.6) is 5.75 Å². The van der Waals surface area contributed by atoms with Crippen molar-refractivity contribution in [1.82, 2.24) is 5.01 Å². The Balaban J connectivity index is 1.44. The third kappa shape index (κ3) is 3.35. The van der Waals surface area contributed by atoms with E-state index in [9.17, 15) is 0 Å². The van der Waals surface area contributed by atoms with Crippen molar-refractivity contribution in [3.63, 3.8) is 0 Å². The van der Waals surface area contributed by atoms with Crippen LogP contribution in [0.3, 0.4) is 0 Å². The van der Waals surface area contributed by atoms with E-state index in [-0.39, 0.29) is 12.3 Å². The molecule has 2 aliphatic heterocycles. The van der Waals surface area contributed by atoms with Gasteiger partial charge in [0.15, 0.2) is 0 Å². The topological polar surface area (TPSA) is 24.8 Å². The molecule has 0 fully saturated rings. The van der Waals surface area contributed by atoms with Gasteiger partial charge in [0, 0.05) is 27.5 Å². The zero-order valence-corrected chi connectivity index (χ0v) is 19.1. The maximum Gasteiger partial charge on any atom is 0.213 e. The summed E-state index contributed by atoms with van der Waals surface area (Å²) in [5.74, 6) is 0.879. The number of rotatable bonds is 3. The molecule has 0 bridgehead atoms. The van der Waals surface area contributed by atoms with E-state index < -0.39 is 0 Å². The Morgan fingerprint density at radius 2 is 1.75 bits per heavy atom. The molecule has 5 heteroatoms. The molecule has 2 heterocycles. The molecular formula is C27H21ClN2OS. The van der Waals surface area contributed by atoms with E-state index in [1.54, 1.807) is 11.8 Å². The second-order valence-electron chi connectivity index (χ2n) is 8.13. The summed E-state index contributed by atoms with van der Waals surface area (Å²) in [5.41, 5.74) is 4.41. The molecule has 3 nitrogen and oxygen atoms in total. The van der Waals surface area contributed by atoms with Crippen molar-refractivity contribution in [2.24, 2.45) is 5.10 Å². The van der Waals surface area contributed by atoms with Crippen molar-refractivity contribution in [3.8, 4) is 5.75 Å². The second kappa shape index (κ2) is 7.88. The Morgan fingerprint density at radius 1 is 0.938 bits per heavy atom. The molecule has 0 spiro atoms. The first-order chi connectivity index (χ1) is 15.7. The first kappa shape index (κ1) is 19.7. The number of thioether (sulfide) groups is 1. The summed E-state index contributed by atoms with van der Waals surface area (Å²) in [6.07, 6.45) is 2.62. The van der Waals surface area contributed by atoms with Gasteiger partial charge in [-0.15, -0.1) is 11.8 Å². The van der Waals surface area contributed by atoms with Gasteiger partial charge < -0.3 is 4.74 Å². The van der Waals surface area contributed by atoms with Crippen LogP contribution in [0.25, 0.3) is 10.8 Å². The van der Waals surface area contributed by atoms with Gasteiger partial charge in [0.1, 0.15) is 5.75 Å². The van der Waals surface area contributed by atoms with Crippen molar-refractivity contribution in [2.75, 3.05) is 6.26 Å². The molecule has 0 N–H and O–H groups in total. The molecule has 0 amide bonds. The molecule has 32 heavy (non-hydrogen) atoms. The van der Waals surface area contributed by atoms with Gasteiger partial charge in [0.05, 0.1) is 11.8 Å². The third-order valence-electron chi connectivity index (χ3n) is 6.24. The van der Waals surface area contributed by atoms with E-state index in [0.29, 0.717) is 5.02 Å². The average Bonchev–Trinajstić information content (AvgIpc) is 3.29. The highest BCUT2D eigenvalue weighted by atomic mass is 35.5. The van der Waals surface area contributed by atoms with Gasteiger partial charge in [-0.05, 0) is 59.0 Å². The zero-order chi connectivity index (χ0) is 21.7. The number of nitrogens with zero attached hydrogens (tertiary/aromatic N) is 2. The van der Waals surface area contributed by atoms with Gasteiger partial charge in [-0.3, -0.25) is 0 Å². The minimum atomic E-state index is -0.275. The third-order valence-corrected chi connectivity index (χ3v) is 7.21. The Labute approximate surface area is 196 Å². The predicted octanol–water partition coefficient (Wildman–Crippen LogP) is 7.46. The number of halogens is 1. The molecule has 0 aliphatic carbocycles.